The van der Waals surface area contributed by atoms with Crippen molar-refractivity contribution in [2.45, 2.75) is 38.9 Å². The standard InChI is InChI=1S/C19H29N3O3/c1-13-12-21(4)7-8-22(13)15(3)19(23)20-14(2)16-5-6-17-18(11-16)25-10-9-24-17/h5-6,11,13-15H,7-10,12H2,1-4H3,(H,20,23)/t13-,14+,15+/m1/s1. The van der Waals surface area contributed by atoms with E-state index >= 15 is 0 Å². The molecule has 1 aromatic carbocycles. The van der Waals surface area contributed by atoms with Gasteiger partial charge in [-0.3, -0.25) is 9.69 Å². The number of amides is 1. The molecular weight excluding hydrogens is 318 g/mol. The monoisotopic (exact) mass is 347 g/mol. The number of carbonyl (C=O) groups excluding carboxylic acids is 1. The highest BCUT2D eigenvalue weighted by atomic mass is 16.6. The lowest BCUT2D eigenvalue weighted by molar-refractivity contribution is -0.128. The van der Waals surface area contributed by atoms with Crippen molar-refractivity contribution in [2.24, 2.45) is 0 Å². The first kappa shape index (κ1) is 18.0. The molecular formula is C19H29N3O3. The van der Waals surface area contributed by atoms with Crippen LogP contribution in [0.1, 0.15) is 32.4 Å². The van der Waals surface area contributed by atoms with Crippen LogP contribution in [0.2, 0.25) is 0 Å². The smallest absolute Gasteiger partial charge is 0.237 e. The van der Waals surface area contributed by atoms with Gasteiger partial charge in [0.05, 0.1) is 12.1 Å². The Morgan fingerprint density at radius 2 is 1.92 bits per heavy atom. The average Bonchev–Trinajstić information content (AvgIpc) is 2.60. The molecule has 1 N–H and O–H groups in total. The van der Waals surface area contributed by atoms with E-state index in [1.54, 1.807) is 0 Å². The number of hydrogen-bond donors (Lipinski definition) is 1. The van der Waals surface area contributed by atoms with Crippen molar-refractivity contribution in [3.05, 3.63) is 23.8 Å². The van der Waals surface area contributed by atoms with Gasteiger partial charge in [0, 0.05) is 25.7 Å². The van der Waals surface area contributed by atoms with E-state index in [2.05, 4.69) is 29.1 Å². The zero-order chi connectivity index (χ0) is 18.0. The highest BCUT2D eigenvalue weighted by molar-refractivity contribution is 5.81. The van der Waals surface area contributed by atoms with Crippen LogP contribution in [0.5, 0.6) is 11.5 Å². The molecule has 6 heteroatoms. The predicted molar refractivity (Wildman–Crippen MR) is 97.1 cm³/mol. The molecule has 2 aliphatic heterocycles. The Labute approximate surface area is 150 Å². The Hall–Kier alpha value is -1.79. The van der Waals surface area contributed by atoms with Crippen molar-refractivity contribution in [1.82, 2.24) is 15.1 Å². The first-order chi connectivity index (χ1) is 12.0. The molecule has 2 aliphatic rings. The molecule has 1 aromatic rings. The summed E-state index contributed by atoms with van der Waals surface area (Å²) in [6.45, 7) is 10.2. The Morgan fingerprint density at radius 1 is 1.20 bits per heavy atom. The summed E-state index contributed by atoms with van der Waals surface area (Å²) in [6.07, 6.45) is 0. The van der Waals surface area contributed by atoms with Crippen molar-refractivity contribution in [1.29, 1.82) is 0 Å². The van der Waals surface area contributed by atoms with Crippen molar-refractivity contribution in [3.8, 4) is 11.5 Å². The minimum absolute atomic E-state index is 0.0683. The number of nitrogens with zero attached hydrogens (tertiary/aromatic N) is 2. The maximum absolute atomic E-state index is 12.7. The van der Waals surface area contributed by atoms with Crippen LogP contribution in [0.4, 0.5) is 0 Å². The molecule has 0 saturated carbocycles. The topological polar surface area (TPSA) is 54.0 Å². The first-order valence-corrected chi connectivity index (χ1v) is 9.10. The molecule has 0 aromatic heterocycles. The number of carbonyl (C=O) groups is 1. The molecule has 0 spiro atoms. The molecule has 0 unspecified atom stereocenters. The number of benzene rings is 1. The van der Waals surface area contributed by atoms with Crippen LogP contribution < -0.4 is 14.8 Å². The predicted octanol–water partition coefficient (Wildman–Crippen LogP) is 1.66. The highest BCUT2D eigenvalue weighted by Gasteiger charge is 2.30. The molecule has 2 heterocycles. The highest BCUT2D eigenvalue weighted by Crippen LogP contribution is 2.32. The molecule has 1 fully saturated rings. The first-order valence-electron chi connectivity index (χ1n) is 9.10. The summed E-state index contributed by atoms with van der Waals surface area (Å²) in [7, 11) is 2.13. The van der Waals surface area contributed by atoms with Crippen molar-refractivity contribution in [3.63, 3.8) is 0 Å². The Kier molecular flexibility index (Phi) is 5.49. The molecule has 1 amide bonds. The van der Waals surface area contributed by atoms with E-state index in [1.807, 2.05) is 32.0 Å². The fourth-order valence-corrected chi connectivity index (χ4v) is 3.63. The van der Waals surface area contributed by atoms with Gasteiger partial charge in [-0.05, 0) is 45.5 Å². The van der Waals surface area contributed by atoms with E-state index in [4.69, 9.17) is 9.47 Å². The van der Waals surface area contributed by atoms with Crippen LogP contribution in [0.25, 0.3) is 0 Å². The van der Waals surface area contributed by atoms with Crippen LogP contribution in [0.15, 0.2) is 18.2 Å². The fraction of sp³-hybridized carbons (Fsp3) is 0.632. The summed E-state index contributed by atoms with van der Waals surface area (Å²) in [5.74, 6) is 1.59. The molecule has 6 nitrogen and oxygen atoms in total. The van der Waals surface area contributed by atoms with Gasteiger partial charge in [-0.1, -0.05) is 6.07 Å². The zero-order valence-electron chi connectivity index (χ0n) is 15.6. The summed E-state index contributed by atoms with van der Waals surface area (Å²) in [6, 6.07) is 6.03. The van der Waals surface area contributed by atoms with E-state index in [9.17, 15) is 4.79 Å². The number of hydrogen-bond acceptors (Lipinski definition) is 5. The van der Waals surface area contributed by atoms with Crippen molar-refractivity contribution >= 4 is 5.91 Å². The molecule has 138 valence electrons. The van der Waals surface area contributed by atoms with Gasteiger partial charge in [0.15, 0.2) is 11.5 Å². The van der Waals surface area contributed by atoms with Gasteiger partial charge < -0.3 is 19.7 Å². The average molecular weight is 347 g/mol. The van der Waals surface area contributed by atoms with Crippen LogP contribution in [-0.4, -0.2) is 67.7 Å². The molecule has 0 radical (unpaired) electrons. The van der Waals surface area contributed by atoms with Gasteiger partial charge >= 0.3 is 0 Å². The van der Waals surface area contributed by atoms with Gasteiger partial charge in [-0.25, -0.2) is 0 Å². The second-order valence-corrected chi connectivity index (χ2v) is 7.16. The minimum atomic E-state index is -0.136. The van der Waals surface area contributed by atoms with E-state index in [-0.39, 0.29) is 18.0 Å². The lowest BCUT2D eigenvalue weighted by Crippen LogP contribution is -2.57. The number of nitrogens with one attached hydrogen (secondary N) is 1. The number of rotatable bonds is 4. The Morgan fingerprint density at radius 3 is 2.64 bits per heavy atom. The zero-order valence-corrected chi connectivity index (χ0v) is 15.6. The molecule has 0 aliphatic carbocycles. The van der Waals surface area contributed by atoms with Crippen LogP contribution in [0, 0.1) is 0 Å². The summed E-state index contributed by atoms with van der Waals surface area (Å²) < 4.78 is 11.2. The maximum atomic E-state index is 12.7. The quantitative estimate of drug-likeness (QED) is 0.898. The lowest BCUT2D eigenvalue weighted by Gasteiger charge is -2.41. The third-order valence-corrected chi connectivity index (χ3v) is 5.18. The maximum Gasteiger partial charge on any atom is 0.237 e. The molecule has 1 saturated heterocycles. The summed E-state index contributed by atoms with van der Waals surface area (Å²) >= 11 is 0. The van der Waals surface area contributed by atoms with Crippen LogP contribution in [-0.2, 0) is 4.79 Å². The molecule has 0 bridgehead atoms. The Bertz CT molecular complexity index is 622. The van der Waals surface area contributed by atoms with Gasteiger partial charge in [-0.2, -0.15) is 0 Å². The molecule has 3 rings (SSSR count). The third kappa shape index (κ3) is 4.07. The fourth-order valence-electron chi connectivity index (χ4n) is 3.63. The van der Waals surface area contributed by atoms with Gasteiger partial charge in [0.25, 0.3) is 0 Å². The number of fused-ring (bicyclic) bond motifs is 1. The van der Waals surface area contributed by atoms with E-state index < -0.39 is 0 Å². The van der Waals surface area contributed by atoms with Crippen molar-refractivity contribution in [2.75, 3.05) is 39.9 Å². The SMILES string of the molecule is C[C@H](NC(=O)[C@H](C)N1CCN(C)C[C@H]1C)c1ccc2c(c1)OCCO2. The molecule has 25 heavy (non-hydrogen) atoms. The lowest BCUT2D eigenvalue weighted by atomic mass is 10.1. The second kappa shape index (κ2) is 7.62. The van der Waals surface area contributed by atoms with Crippen LogP contribution >= 0.6 is 0 Å². The van der Waals surface area contributed by atoms with E-state index in [0.717, 1.165) is 36.7 Å². The summed E-state index contributed by atoms with van der Waals surface area (Å²) in [4.78, 5) is 17.3. The van der Waals surface area contributed by atoms with Gasteiger partial charge in [0.2, 0.25) is 5.91 Å². The Balaban J connectivity index is 1.62. The number of piperazine rings is 1. The molecule has 3 atom stereocenters. The summed E-state index contributed by atoms with van der Waals surface area (Å²) in [5.41, 5.74) is 1.02. The van der Waals surface area contributed by atoms with E-state index in [0.29, 0.717) is 19.3 Å². The van der Waals surface area contributed by atoms with Crippen LogP contribution in [0.3, 0.4) is 0 Å². The van der Waals surface area contributed by atoms with Gasteiger partial charge in [-0.15, -0.1) is 0 Å². The number of ether oxygens (including phenoxy) is 2. The summed E-state index contributed by atoms with van der Waals surface area (Å²) in [5, 5.41) is 3.14. The van der Waals surface area contributed by atoms with Crippen molar-refractivity contribution < 1.29 is 14.3 Å². The number of likely N-dealkylation sites (N-methyl/N-ethyl adjacent to an activating group) is 1. The van der Waals surface area contributed by atoms with E-state index in [1.165, 1.54) is 0 Å². The third-order valence-electron chi connectivity index (χ3n) is 5.18. The normalized spacial score (nSPS) is 23.8. The largest absolute Gasteiger partial charge is 0.486 e. The second-order valence-electron chi connectivity index (χ2n) is 7.16. The van der Waals surface area contributed by atoms with Gasteiger partial charge in [0.1, 0.15) is 13.2 Å². The minimum Gasteiger partial charge on any atom is -0.486 e.